The summed E-state index contributed by atoms with van der Waals surface area (Å²) in [5.74, 6) is 0.606. The monoisotopic (exact) mass is 388 g/mol. The van der Waals surface area contributed by atoms with Crippen LogP contribution in [0.2, 0.25) is 5.02 Å². The zero-order chi connectivity index (χ0) is 19.0. The van der Waals surface area contributed by atoms with E-state index in [1.165, 1.54) is 4.90 Å². The second kappa shape index (κ2) is 7.31. The fourth-order valence-electron chi connectivity index (χ4n) is 4.05. The maximum absolute atomic E-state index is 12.9. The lowest BCUT2D eigenvalue weighted by molar-refractivity contribution is -0.140. The predicted molar refractivity (Wildman–Crippen MR) is 98.8 cm³/mol. The molecule has 4 rings (SSSR count). The highest BCUT2D eigenvalue weighted by molar-refractivity contribution is 6.30. The topological polar surface area (TPSA) is 79.5 Å². The molecular weight excluding hydrogens is 368 g/mol. The van der Waals surface area contributed by atoms with Gasteiger partial charge in [0.25, 0.3) is 0 Å². The number of carbonyl (C=O) groups excluding carboxylic acids is 2. The maximum Gasteiger partial charge on any atom is 0.327 e. The van der Waals surface area contributed by atoms with Gasteiger partial charge >= 0.3 is 6.03 Å². The zero-order valence-corrected chi connectivity index (χ0v) is 15.9. The van der Waals surface area contributed by atoms with Gasteiger partial charge in [0, 0.05) is 23.2 Å². The van der Waals surface area contributed by atoms with Gasteiger partial charge in [-0.15, -0.1) is 0 Å². The minimum atomic E-state index is -0.270. The third-order valence-corrected chi connectivity index (χ3v) is 5.60. The number of urea groups is 1. The van der Waals surface area contributed by atoms with E-state index in [-0.39, 0.29) is 30.4 Å². The number of nitrogens with zero attached hydrogens (tertiary/aromatic N) is 4. The first kappa shape index (κ1) is 18.0. The SMILES string of the molecule is CCN1C(=O)C2CCCCC2N(Cc2nc(-c3cccc(Cl)c3)no2)C1=O. The van der Waals surface area contributed by atoms with Crippen LogP contribution >= 0.6 is 11.6 Å². The Morgan fingerprint density at radius 1 is 1.26 bits per heavy atom. The zero-order valence-electron chi connectivity index (χ0n) is 15.1. The van der Waals surface area contributed by atoms with Gasteiger partial charge in [-0.2, -0.15) is 4.98 Å². The molecular formula is C19H21ClN4O3. The molecule has 7 nitrogen and oxygen atoms in total. The van der Waals surface area contributed by atoms with Crippen molar-refractivity contribution in [2.24, 2.45) is 5.92 Å². The molecule has 2 unspecified atom stereocenters. The van der Waals surface area contributed by atoms with E-state index in [4.69, 9.17) is 16.1 Å². The van der Waals surface area contributed by atoms with Gasteiger partial charge in [-0.25, -0.2) is 4.79 Å². The smallest absolute Gasteiger partial charge is 0.327 e. The molecule has 1 aliphatic heterocycles. The van der Waals surface area contributed by atoms with Crippen LogP contribution in [-0.4, -0.2) is 44.5 Å². The lowest BCUT2D eigenvalue weighted by Crippen LogP contribution is -2.61. The van der Waals surface area contributed by atoms with E-state index in [1.54, 1.807) is 17.0 Å². The van der Waals surface area contributed by atoms with Gasteiger partial charge in [-0.05, 0) is 31.9 Å². The van der Waals surface area contributed by atoms with Crippen molar-refractivity contribution in [3.05, 3.63) is 35.2 Å². The van der Waals surface area contributed by atoms with E-state index < -0.39 is 0 Å². The van der Waals surface area contributed by atoms with Crippen LogP contribution in [0.25, 0.3) is 11.4 Å². The summed E-state index contributed by atoms with van der Waals surface area (Å²) in [6.45, 7) is 2.40. The molecule has 0 spiro atoms. The number of aromatic nitrogens is 2. The summed E-state index contributed by atoms with van der Waals surface area (Å²) < 4.78 is 5.38. The molecule has 2 atom stereocenters. The molecule has 2 heterocycles. The molecule has 8 heteroatoms. The Bertz CT molecular complexity index is 868. The number of fused-ring (bicyclic) bond motifs is 1. The quantitative estimate of drug-likeness (QED) is 0.797. The van der Waals surface area contributed by atoms with Gasteiger partial charge in [-0.3, -0.25) is 9.69 Å². The van der Waals surface area contributed by atoms with Gasteiger partial charge in [0.1, 0.15) is 6.54 Å². The molecule has 1 aromatic carbocycles. The number of imide groups is 1. The number of carbonyl (C=O) groups is 2. The van der Waals surface area contributed by atoms with Crippen LogP contribution in [0.3, 0.4) is 0 Å². The molecule has 0 bridgehead atoms. The molecule has 1 saturated carbocycles. The van der Waals surface area contributed by atoms with Crippen molar-refractivity contribution in [1.82, 2.24) is 19.9 Å². The van der Waals surface area contributed by atoms with Crippen molar-refractivity contribution >= 4 is 23.5 Å². The van der Waals surface area contributed by atoms with Crippen LogP contribution in [0.4, 0.5) is 4.79 Å². The van der Waals surface area contributed by atoms with Crippen molar-refractivity contribution < 1.29 is 14.1 Å². The fourth-order valence-corrected chi connectivity index (χ4v) is 4.24. The van der Waals surface area contributed by atoms with Gasteiger partial charge < -0.3 is 9.42 Å². The van der Waals surface area contributed by atoms with Crippen LogP contribution in [0.15, 0.2) is 28.8 Å². The standard InChI is InChI=1S/C19H21ClN4O3/c1-2-23-18(25)14-8-3-4-9-15(14)24(19(23)26)11-16-21-17(22-27-16)12-6-5-7-13(20)10-12/h5-7,10,14-15H,2-4,8-9,11H2,1H3. The number of benzene rings is 1. The van der Waals surface area contributed by atoms with Gasteiger partial charge in [0.05, 0.1) is 5.92 Å². The van der Waals surface area contributed by atoms with Gasteiger partial charge in [0.2, 0.25) is 17.6 Å². The summed E-state index contributed by atoms with van der Waals surface area (Å²) in [6, 6.07) is 6.84. The average Bonchev–Trinajstić information content (AvgIpc) is 3.14. The Hall–Kier alpha value is -2.41. The highest BCUT2D eigenvalue weighted by Gasteiger charge is 2.46. The first-order valence-electron chi connectivity index (χ1n) is 9.29. The normalized spacial score (nSPS) is 22.9. The van der Waals surface area contributed by atoms with Gasteiger partial charge in [-0.1, -0.05) is 41.7 Å². The molecule has 1 aliphatic carbocycles. The van der Waals surface area contributed by atoms with Crippen molar-refractivity contribution in [3.63, 3.8) is 0 Å². The lowest BCUT2D eigenvalue weighted by Gasteiger charge is -2.46. The predicted octanol–water partition coefficient (Wildman–Crippen LogP) is 3.73. The number of hydrogen-bond donors (Lipinski definition) is 0. The van der Waals surface area contributed by atoms with Crippen LogP contribution in [0, 0.1) is 5.92 Å². The van der Waals surface area contributed by atoms with Crippen LogP contribution in [-0.2, 0) is 11.3 Å². The molecule has 0 N–H and O–H groups in total. The fraction of sp³-hybridized carbons (Fsp3) is 0.474. The third-order valence-electron chi connectivity index (χ3n) is 5.36. The van der Waals surface area contributed by atoms with Crippen LogP contribution in [0.5, 0.6) is 0 Å². The largest absolute Gasteiger partial charge is 0.337 e. The first-order valence-corrected chi connectivity index (χ1v) is 9.66. The van der Waals surface area contributed by atoms with E-state index >= 15 is 0 Å². The van der Waals surface area contributed by atoms with Crippen molar-refractivity contribution in [2.75, 3.05) is 6.54 Å². The molecule has 27 heavy (non-hydrogen) atoms. The Balaban J connectivity index is 1.59. The summed E-state index contributed by atoms with van der Waals surface area (Å²) in [5.41, 5.74) is 0.753. The molecule has 142 valence electrons. The third kappa shape index (κ3) is 3.32. The van der Waals surface area contributed by atoms with Crippen LogP contribution < -0.4 is 0 Å². The van der Waals surface area contributed by atoms with E-state index in [9.17, 15) is 9.59 Å². The van der Waals surface area contributed by atoms with Crippen molar-refractivity contribution in [1.29, 1.82) is 0 Å². The number of halogens is 1. The maximum atomic E-state index is 12.9. The Morgan fingerprint density at radius 2 is 2.07 bits per heavy atom. The summed E-state index contributed by atoms with van der Waals surface area (Å²) in [7, 11) is 0. The lowest BCUT2D eigenvalue weighted by atomic mass is 9.81. The molecule has 3 amide bonds. The second-order valence-electron chi connectivity index (χ2n) is 6.97. The number of rotatable bonds is 4. The minimum Gasteiger partial charge on any atom is -0.337 e. The summed E-state index contributed by atoms with van der Waals surface area (Å²) in [4.78, 5) is 33.0. The van der Waals surface area contributed by atoms with Crippen LogP contribution in [0.1, 0.15) is 38.5 Å². The molecule has 2 aliphatic rings. The Labute approximate surface area is 162 Å². The van der Waals surface area contributed by atoms with Gasteiger partial charge in [0.15, 0.2) is 0 Å². The Morgan fingerprint density at radius 3 is 2.85 bits per heavy atom. The number of hydrogen-bond acceptors (Lipinski definition) is 5. The van der Waals surface area contributed by atoms with E-state index in [1.807, 2.05) is 19.1 Å². The highest BCUT2D eigenvalue weighted by atomic mass is 35.5. The van der Waals surface area contributed by atoms with Crippen molar-refractivity contribution in [2.45, 2.75) is 45.2 Å². The summed E-state index contributed by atoms with van der Waals surface area (Å²) in [6.07, 6.45) is 3.68. The Kier molecular flexibility index (Phi) is 4.86. The molecule has 1 saturated heterocycles. The average molecular weight is 389 g/mol. The number of amides is 3. The molecule has 2 fully saturated rings. The summed E-state index contributed by atoms with van der Waals surface area (Å²) >= 11 is 6.02. The highest BCUT2D eigenvalue weighted by Crippen LogP contribution is 2.35. The second-order valence-corrected chi connectivity index (χ2v) is 7.41. The molecule has 0 radical (unpaired) electrons. The van der Waals surface area contributed by atoms with E-state index in [0.29, 0.717) is 23.3 Å². The van der Waals surface area contributed by atoms with Crippen molar-refractivity contribution in [3.8, 4) is 11.4 Å². The van der Waals surface area contributed by atoms with E-state index in [2.05, 4.69) is 10.1 Å². The van der Waals surface area contributed by atoms with E-state index in [0.717, 1.165) is 31.2 Å². The molecule has 1 aromatic heterocycles. The minimum absolute atomic E-state index is 0.0476. The summed E-state index contributed by atoms with van der Waals surface area (Å²) in [5, 5.41) is 4.60. The first-order chi connectivity index (χ1) is 13.1. The molecule has 2 aromatic rings.